The largest absolute Gasteiger partial charge is 0.356 e. The topological polar surface area (TPSA) is 58.2 Å². The summed E-state index contributed by atoms with van der Waals surface area (Å²) in [7, 11) is 0. The molecule has 0 aliphatic heterocycles. The fraction of sp³-hybridized carbons (Fsp3) is 0.412. The summed E-state index contributed by atoms with van der Waals surface area (Å²) in [6.45, 7) is 8.39. The summed E-state index contributed by atoms with van der Waals surface area (Å²) in [5, 5.41) is 5.65. The van der Waals surface area contributed by atoms with Crippen molar-refractivity contribution in [2.24, 2.45) is 5.92 Å². The SMILES string of the molecule is C=CC(=O)Nc1cccc(CC(=O)NCC(CC)CC)c1. The monoisotopic (exact) mass is 288 g/mol. The highest BCUT2D eigenvalue weighted by molar-refractivity contribution is 5.98. The normalized spacial score (nSPS) is 10.2. The van der Waals surface area contributed by atoms with E-state index < -0.39 is 0 Å². The van der Waals surface area contributed by atoms with Crippen LogP contribution in [-0.2, 0) is 16.0 Å². The minimum absolute atomic E-state index is 0.00842. The number of carbonyl (C=O) groups excluding carboxylic acids is 2. The first-order valence-electron chi connectivity index (χ1n) is 7.38. The summed E-state index contributed by atoms with van der Waals surface area (Å²) in [6.07, 6.45) is 3.67. The molecule has 2 amide bonds. The number of nitrogens with one attached hydrogen (secondary N) is 2. The molecule has 2 N–H and O–H groups in total. The zero-order chi connectivity index (χ0) is 15.7. The third-order valence-electron chi connectivity index (χ3n) is 3.49. The summed E-state index contributed by atoms with van der Waals surface area (Å²) >= 11 is 0. The second kappa shape index (κ2) is 8.95. The van der Waals surface area contributed by atoms with Crippen molar-refractivity contribution >= 4 is 17.5 Å². The first-order chi connectivity index (χ1) is 10.1. The van der Waals surface area contributed by atoms with Gasteiger partial charge in [-0.2, -0.15) is 0 Å². The van der Waals surface area contributed by atoms with Gasteiger partial charge in [-0.25, -0.2) is 0 Å². The standard InChI is InChI=1S/C17H24N2O2/c1-4-13(5-2)12-18-17(21)11-14-8-7-9-15(10-14)19-16(20)6-3/h6-10,13H,3-5,11-12H2,1-2H3,(H,18,21)(H,19,20). The van der Waals surface area contributed by atoms with E-state index in [1.165, 1.54) is 6.08 Å². The molecule has 0 saturated carbocycles. The molecule has 4 heteroatoms. The lowest BCUT2D eigenvalue weighted by Crippen LogP contribution is -2.30. The van der Waals surface area contributed by atoms with Crippen LogP contribution in [0.2, 0.25) is 0 Å². The molecule has 1 rings (SSSR count). The Morgan fingerprint density at radius 2 is 2.00 bits per heavy atom. The van der Waals surface area contributed by atoms with Crippen molar-refractivity contribution in [3.8, 4) is 0 Å². The third kappa shape index (κ3) is 6.25. The summed E-state index contributed by atoms with van der Waals surface area (Å²) in [5.74, 6) is 0.284. The molecule has 1 aromatic carbocycles. The maximum Gasteiger partial charge on any atom is 0.247 e. The fourth-order valence-corrected chi connectivity index (χ4v) is 2.04. The van der Waals surface area contributed by atoms with E-state index in [9.17, 15) is 9.59 Å². The van der Waals surface area contributed by atoms with E-state index >= 15 is 0 Å². The predicted octanol–water partition coefficient (Wildman–Crippen LogP) is 2.91. The number of anilines is 1. The highest BCUT2D eigenvalue weighted by Gasteiger charge is 2.08. The van der Waals surface area contributed by atoms with E-state index in [2.05, 4.69) is 31.1 Å². The molecular weight excluding hydrogens is 264 g/mol. The van der Waals surface area contributed by atoms with Gasteiger partial charge in [0, 0.05) is 12.2 Å². The van der Waals surface area contributed by atoms with Gasteiger partial charge >= 0.3 is 0 Å². The molecule has 0 aliphatic carbocycles. The van der Waals surface area contributed by atoms with Gasteiger partial charge in [0.15, 0.2) is 0 Å². The Labute approximate surface area is 126 Å². The van der Waals surface area contributed by atoms with Crippen LogP contribution >= 0.6 is 0 Å². The molecule has 0 atom stereocenters. The van der Waals surface area contributed by atoms with Crippen LogP contribution in [0.25, 0.3) is 0 Å². The smallest absolute Gasteiger partial charge is 0.247 e. The molecular formula is C17H24N2O2. The lowest BCUT2D eigenvalue weighted by atomic mass is 10.0. The van der Waals surface area contributed by atoms with Gasteiger partial charge in [0.25, 0.3) is 0 Å². The van der Waals surface area contributed by atoms with E-state index in [-0.39, 0.29) is 11.8 Å². The molecule has 0 unspecified atom stereocenters. The van der Waals surface area contributed by atoms with Crippen LogP contribution in [0.4, 0.5) is 5.69 Å². The minimum atomic E-state index is -0.259. The number of carbonyl (C=O) groups is 2. The van der Waals surface area contributed by atoms with Crippen molar-refractivity contribution in [2.75, 3.05) is 11.9 Å². The van der Waals surface area contributed by atoms with Gasteiger partial charge in [0.1, 0.15) is 0 Å². The quantitative estimate of drug-likeness (QED) is 0.723. The lowest BCUT2D eigenvalue weighted by Gasteiger charge is -2.13. The van der Waals surface area contributed by atoms with E-state index in [1.807, 2.05) is 12.1 Å². The van der Waals surface area contributed by atoms with Crippen molar-refractivity contribution < 1.29 is 9.59 Å². The zero-order valence-corrected chi connectivity index (χ0v) is 12.8. The molecule has 1 aromatic rings. The Bertz CT molecular complexity index is 493. The van der Waals surface area contributed by atoms with E-state index in [0.717, 1.165) is 24.9 Å². The highest BCUT2D eigenvalue weighted by atomic mass is 16.2. The molecule has 114 valence electrons. The maximum atomic E-state index is 11.9. The van der Waals surface area contributed by atoms with Crippen LogP contribution in [0.3, 0.4) is 0 Å². The van der Waals surface area contributed by atoms with Crippen molar-refractivity contribution in [1.29, 1.82) is 0 Å². The molecule has 0 saturated heterocycles. The first kappa shape index (κ1) is 17.0. The molecule has 0 heterocycles. The van der Waals surface area contributed by atoms with Gasteiger partial charge in [0.2, 0.25) is 11.8 Å². The average molecular weight is 288 g/mol. The Hall–Kier alpha value is -2.10. The first-order valence-corrected chi connectivity index (χ1v) is 7.38. The van der Waals surface area contributed by atoms with Crippen LogP contribution in [-0.4, -0.2) is 18.4 Å². The Morgan fingerprint density at radius 3 is 2.62 bits per heavy atom. The maximum absolute atomic E-state index is 11.9. The van der Waals surface area contributed by atoms with Crippen LogP contribution in [0, 0.1) is 5.92 Å². The second-order valence-electron chi connectivity index (χ2n) is 5.06. The van der Waals surface area contributed by atoms with Gasteiger partial charge in [-0.05, 0) is 29.7 Å². The van der Waals surface area contributed by atoms with Crippen LogP contribution in [0.15, 0.2) is 36.9 Å². The van der Waals surface area contributed by atoms with E-state index in [0.29, 0.717) is 18.0 Å². The minimum Gasteiger partial charge on any atom is -0.356 e. The van der Waals surface area contributed by atoms with E-state index in [1.54, 1.807) is 12.1 Å². The molecule has 4 nitrogen and oxygen atoms in total. The fourth-order valence-electron chi connectivity index (χ4n) is 2.04. The molecule has 21 heavy (non-hydrogen) atoms. The number of amides is 2. The average Bonchev–Trinajstić information content (AvgIpc) is 2.48. The second-order valence-corrected chi connectivity index (χ2v) is 5.06. The summed E-state index contributed by atoms with van der Waals surface area (Å²) < 4.78 is 0. The van der Waals surface area contributed by atoms with Gasteiger partial charge in [-0.1, -0.05) is 45.4 Å². The van der Waals surface area contributed by atoms with Crippen LogP contribution in [0.1, 0.15) is 32.3 Å². The zero-order valence-electron chi connectivity index (χ0n) is 12.8. The molecule has 0 fully saturated rings. The Balaban J connectivity index is 2.54. The van der Waals surface area contributed by atoms with Gasteiger partial charge in [-0.15, -0.1) is 0 Å². The molecule has 0 aromatic heterocycles. The van der Waals surface area contributed by atoms with Crippen molar-refractivity contribution in [1.82, 2.24) is 5.32 Å². The molecule has 0 radical (unpaired) electrons. The predicted molar refractivity (Wildman–Crippen MR) is 86.1 cm³/mol. The number of hydrogen-bond acceptors (Lipinski definition) is 2. The summed E-state index contributed by atoms with van der Waals surface area (Å²) in [5.41, 5.74) is 1.55. The van der Waals surface area contributed by atoms with Gasteiger partial charge in [0.05, 0.1) is 6.42 Å². The van der Waals surface area contributed by atoms with E-state index in [4.69, 9.17) is 0 Å². The third-order valence-corrected chi connectivity index (χ3v) is 3.49. The highest BCUT2D eigenvalue weighted by Crippen LogP contribution is 2.11. The van der Waals surface area contributed by atoms with Crippen molar-refractivity contribution in [3.63, 3.8) is 0 Å². The number of benzene rings is 1. The van der Waals surface area contributed by atoms with Crippen LogP contribution in [0.5, 0.6) is 0 Å². The molecule has 0 spiro atoms. The van der Waals surface area contributed by atoms with Gasteiger partial charge < -0.3 is 10.6 Å². The summed E-state index contributed by atoms with van der Waals surface area (Å²) in [6, 6.07) is 7.29. The van der Waals surface area contributed by atoms with Crippen LogP contribution < -0.4 is 10.6 Å². The molecule has 0 bridgehead atoms. The number of hydrogen-bond donors (Lipinski definition) is 2. The van der Waals surface area contributed by atoms with Gasteiger partial charge in [-0.3, -0.25) is 9.59 Å². The summed E-state index contributed by atoms with van der Waals surface area (Å²) in [4.78, 5) is 23.2. The molecule has 0 aliphatic rings. The van der Waals surface area contributed by atoms with Crippen molar-refractivity contribution in [3.05, 3.63) is 42.5 Å². The Morgan fingerprint density at radius 1 is 1.29 bits per heavy atom. The van der Waals surface area contributed by atoms with Crippen molar-refractivity contribution in [2.45, 2.75) is 33.1 Å². The number of rotatable bonds is 8. The lowest BCUT2D eigenvalue weighted by molar-refractivity contribution is -0.120. The Kier molecular flexibility index (Phi) is 7.23.